The molecule has 2 fully saturated rings. The third kappa shape index (κ3) is 1.75. The number of nitrogens with one attached hydrogen (secondary N) is 1. The van der Waals surface area contributed by atoms with Crippen LogP contribution in [-0.2, 0) is 15.0 Å². The number of carboxylic acids is 1. The van der Waals surface area contributed by atoms with E-state index >= 15 is 0 Å². The van der Waals surface area contributed by atoms with Crippen molar-refractivity contribution in [2.45, 2.75) is 18.9 Å². The molecule has 0 spiro atoms. The van der Waals surface area contributed by atoms with Crippen LogP contribution in [0.1, 0.15) is 12.8 Å². The fourth-order valence-electron chi connectivity index (χ4n) is 1.54. The fraction of sp³-hybridized carbons (Fsp3) is 0.857. The SMILES string of the molecule is O=C(O)C1CNS(=O)(=O)N(C2CC2)C1. The molecule has 1 unspecified atom stereocenters. The molecule has 0 aromatic rings. The maximum Gasteiger partial charge on any atom is 0.309 e. The standard InChI is InChI=1S/C7H12N2O4S/c10-7(11)5-3-8-14(12,13)9(4-5)6-1-2-6/h5-6,8H,1-4H2,(H,10,11). The molecule has 80 valence electrons. The molecular formula is C7H12N2O4S. The molecule has 2 N–H and O–H groups in total. The van der Waals surface area contributed by atoms with Gasteiger partial charge in [0, 0.05) is 19.1 Å². The molecule has 1 heterocycles. The van der Waals surface area contributed by atoms with Crippen LogP contribution < -0.4 is 4.72 Å². The van der Waals surface area contributed by atoms with Crippen molar-refractivity contribution in [3.63, 3.8) is 0 Å². The monoisotopic (exact) mass is 220 g/mol. The minimum absolute atomic E-state index is 0.000880. The highest BCUT2D eigenvalue weighted by molar-refractivity contribution is 7.87. The van der Waals surface area contributed by atoms with Crippen molar-refractivity contribution in [2.24, 2.45) is 5.92 Å². The van der Waals surface area contributed by atoms with Gasteiger partial charge in [-0.25, -0.2) is 4.72 Å². The molecule has 0 radical (unpaired) electrons. The Morgan fingerprint density at radius 3 is 2.57 bits per heavy atom. The van der Waals surface area contributed by atoms with Gasteiger partial charge in [-0.05, 0) is 12.8 Å². The number of carbonyl (C=O) groups is 1. The number of carboxylic acid groups (broad SMARTS) is 1. The van der Waals surface area contributed by atoms with Gasteiger partial charge >= 0.3 is 5.97 Å². The Balaban J connectivity index is 2.13. The molecule has 2 aliphatic rings. The first-order valence-electron chi connectivity index (χ1n) is 4.50. The number of hydrogen-bond donors (Lipinski definition) is 2. The average molecular weight is 220 g/mol. The van der Waals surface area contributed by atoms with Crippen molar-refractivity contribution >= 4 is 16.2 Å². The van der Waals surface area contributed by atoms with Crippen LogP contribution in [0.5, 0.6) is 0 Å². The topological polar surface area (TPSA) is 86.7 Å². The van der Waals surface area contributed by atoms with Crippen molar-refractivity contribution in [1.82, 2.24) is 9.03 Å². The number of hydrogen-bond acceptors (Lipinski definition) is 3. The van der Waals surface area contributed by atoms with E-state index in [4.69, 9.17) is 5.11 Å². The van der Waals surface area contributed by atoms with Crippen LogP contribution in [0.4, 0.5) is 0 Å². The minimum atomic E-state index is -3.41. The second-order valence-electron chi connectivity index (χ2n) is 3.69. The van der Waals surface area contributed by atoms with E-state index in [2.05, 4.69) is 4.72 Å². The molecule has 0 aromatic carbocycles. The van der Waals surface area contributed by atoms with Gasteiger partial charge in [-0.3, -0.25) is 4.79 Å². The third-order valence-electron chi connectivity index (χ3n) is 2.52. The van der Waals surface area contributed by atoms with E-state index in [1.54, 1.807) is 0 Å². The van der Waals surface area contributed by atoms with Gasteiger partial charge in [0.1, 0.15) is 0 Å². The summed E-state index contributed by atoms with van der Waals surface area (Å²) in [5.74, 6) is -1.57. The number of rotatable bonds is 2. The molecule has 1 saturated carbocycles. The van der Waals surface area contributed by atoms with Crippen LogP contribution in [0.3, 0.4) is 0 Å². The molecule has 2 rings (SSSR count). The molecule has 0 amide bonds. The second kappa shape index (κ2) is 3.18. The molecule has 1 saturated heterocycles. The molecule has 1 aliphatic heterocycles. The summed E-state index contributed by atoms with van der Waals surface area (Å²) in [5, 5.41) is 8.77. The predicted octanol–water partition coefficient (Wildman–Crippen LogP) is -1.00. The van der Waals surface area contributed by atoms with Gasteiger partial charge in [0.05, 0.1) is 5.92 Å². The van der Waals surface area contributed by atoms with Crippen LogP contribution >= 0.6 is 0 Å². The quantitative estimate of drug-likeness (QED) is 0.625. The molecule has 0 bridgehead atoms. The lowest BCUT2D eigenvalue weighted by atomic mass is 10.1. The zero-order chi connectivity index (χ0) is 10.3. The lowest BCUT2D eigenvalue weighted by Crippen LogP contribution is -2.54. The van der Waals surface area contributed by atoms with E-state index in [1.807, 2.05) is 0 Å². The second-order valence-corrected chi connectivity index (χ2v) is 5.40. The Labute approximate surface area is 82.1 Å². The van der Waals surface area contributed by atoms with E-state index in [9.17, 15) is 13.2 Å². The Morgan fingerprint density at radius 1 is 1.43 bits per heavy atom. The Morgan fingerprint density at radius 2 is 2.07 bits per heavy atom. The van der Waals surface area contributed by atoms with E-state index in [-0.39, 0.29) is 19.1 Å². The van der Waals surface area contributed by atoms with Gasteiger partial charge in [-0.2, -0.15) is 12.7 Å². The summed E-state index contributed by atoms with van der Waals surface area (Å²) in [6.07, 6.45) is 1.68. The maximum absolute atomic E-state index is 11.5. The van der Waals surface area contributed by atoms with Gasteiger partial charge in [0.2, 0.25) is 0 Å². The van der Waals surface area contributed by atoms with Gasteiger partial charge in [0.15, 0.2) is 0 Å². The molecule has 0 aromatic heterocycles. The molecular weight excluding hydrogens is 208 g/mol. The molecule has 6 nitrogen and oxygen atoms in total. The number of nitrogens with zero attached hydrogens (tertiary/aromatic N) is 1. The van der Waals surface area contributed by atoms with Crippen molar-refractivity contribution in [2.75, 3.05) is 13.1 Å². The van der Waals surface area contributed by atoms with Crippen molar-refractivity contribution in [3.8, 4) is 0 Å². The number of aliphatic carboxylic acids is 1. The summed E-state index contributed by atoms with van der Waals surface area (Å²) in [6.45, 7) is 0.107. The van der Waals surface area contributed by atoms with Gasteiger partial charge in [0.25, 0.3) is 10.2 Å². The summed E-state index contributed by atoms with van der Waals surface area (Å²) in [4.78, 5) is 10.7. The summed E-state index contributed by atoms with van der Waals surface area (Å²) in [5.41, 5.74) is 0. The average Bonchev–Trinajstić information content (AvgIpc) is 2.86. The first-order chi connectivity index (χ1) is 6.50. The van der Waals surface area contributed by atoms with E-state index in [1.165, 1.54) is 4.31 Å². The highest BCUT2D eigenvalue weighted by Gasteiger charge is 2.42. The Kier molecular flexibility index (Phi) is 2.24. The molecule has 1 aliphatic carbocycles. The summed E-state index contributed by atoms with van der Waals surface area (Å²) in [6, 6.07) is 0.0228. The molecule has 14 heavy (non-hydrogen) atoms. The molecule has 1 atom stereocenters. The summed E-state index contributed by atoms with van der Waals surface area (Å²) in [7, 11) is -3.41. The van der Waals surface area contributed by atoms with Crippen LogP contribution in [0.2, 0.25) is 0 Å². The van der Waals surface area contributed by atoms with Crippen LogP contribution in [0, 0.1) is 5.92 Å². The smallest absolute Gasteiger partial charge is 0.309 e. The van der Waals surface area contributed by atoms with E-state index < -0.39 is 22.1 Å². The highest BCUT2D eigenvalue weighted by Crippen LogP contribution is 2.30. The van der Waals surface area contributed by atoms with Crippen molar-refractivity contribution < 1.29 is 18.3 Å². The zero-order valence-corrected chi connectivity index (χ0v) is 8.33. The summed E-state index contributed by atoms with van der Waals surface area (Å²) >= 11 is 0. The first kappa shape index (κ1) is 9.88. The van der Waals surface area contributed by atoms with E-state index in [0.29, 0.717) is 0 Å². The fourth-order valence-corrected chi connectivity index (χ4v) is 3.10. The zero-order valence-electron chi connectivity index (χ0n) is 7.51. The van der Waals surface area contributed by atoms with Gasteiger partial charge in [-0.1, -0.05) is 0 Å². The normalized spacial score (nSPS) is 32.7. The first-order valence-corrected chi connectivity index (χ1v) is 5.94. The Bertz CT molecular complexity index is 349. The van der Waals surface area contributed by atoms with E-state index in [0.717, 1.165) is 12.8 Å². The summed E-state index contributed by atoms with van der Waals surface area (Å²) < 4.78 is 26.5. The van der Waals surface area contributed by atoms with Crippen LogP contribution in [0.25, 0.3) is 0 Å². The predicted molar refractivity (Wildman–Crippen MR) is 47.8 cm³/mol. The van der Waals surface area contributed by atoms with Crippen molar-refractivity contribution in [1.29, 1.82) is 0 Å². The highest BCUT2D eigenvalue weighted by atomic mass is 32.2. The Hall–Kier alpha value is -0.660. The minimum Gasteiger partial charge on any atom is -0.481 e. The largest absolute Gasteiger partial charge is 0.481 e. The molecule has 7 heteroatoms. The van der Waals surface area contributed by atoms with Gasteiger partial charge in [-0.15, -0.1) is 0 Å². The van der Waals surface area contributed by atoms with Gasteiger partial charge < -0.3 is 5.11 Å². The van der Waals surface area contributed by atoms with Crippen LogP contribution in [-0.4, -0.2) is 42.9 Å². The van der Waals surface area contributed by atoms with Crippen molar-refractivity contribution in [3.05, 3.63) is 0 Å². The maximum atomic E-state index is 11.5. The lowest BCUT2D eigenvalue weighted by molar-refractivity contribution is -0.141. The lowest BCUT2D eigenvalue weighted by Gasteiger charge is -2.30. The third-order valence-corrected chi connectivity index (χ3v) is 4.12. The van der Waals surface area contributed by atoms with Crippen LogP contribution in [0.15, 0.2) is 0 Å².